The highest BCUT2D eigenvalue weighted by atomic mass is 35.5. The molecule has 0 aliphatic carbocycles. The maximum absolute atomic E-state index is 12.1. The number of aromatic nitrogens is 2. The number of carbonyl (C=O) groups excluding carboxylic acids is 1. The van der Waals surface area contributed by atoms with E-state index in [4.69, 9.17) is 16.3 Å². The van der Waals surface area contributed by atoms with E-state index in [-0.39, 0.29) is 5.91 Å². The average molecular weight is 420 g/mol. The summed E-state index contributed by atoms with van der Waals surface area (Å²) < 4.78 is 5.94. The topological polar surface area (TPSA) is 64.1 Å². The Morgan fingerprint density at radius 2 is 1.81 bits per heavy atom. The summed E-state index contributed by atoms with van der Waals surface area (Å²) >= 11 is 8.84. The standard InChI is InChI=1S/C19H18ClN3O2S2/c1-25-16-9-4-13(5-10-16)6-11-17(24)21-18-22-23-19(27-18)26-12-14-2-7-15(20)8-3-14/h2-5,7-10H,6,11-12H2,1H3,(H,21,22,24). The van der Waals surface area contributed by atoms with Crippen LogP contribution in [0.15, 0.2) is 52.9 Å². The van der Waals surface area contributed by atoms with Crippen LogP contribution in [0.4, 0.5) is 5.13 Å². The minimum atomic E-state index is -0.0729. The van der Waals surface area contributed by atoms with E-state index in [1.165, 1.54) is 11.3 Å². The molecule has 0 saturated carbocycles. The highest BCUT2D eigenvalue weighted by molar-refractivity contribution is 8.00. The fourth-order valence-electron chi connectivity index (χ4n) is 2.28. The van der Waals surface area contributed by atoms with E-state index in [0.717, 1.165) is 32.0 Å². The number of nitrogens with one attached hydrogen (secondary N) is 1. The van der Waals surface area contributed by atoms with E-state index < -0.39 is 0 Å². The largest absolute Gasteiger partial charge is 0.497 e. The molecule has 5 nitrogen and oxygen atoms in total. The lowest BCUT2D eigenvalue weighted by molar-refractivity contribution is -0.116. The van der Waals surface area contributed by atoms with E-state index in [1.807, 2.05) is 48.5 Å². The smallest absolute Gasteiger partial charge is 0.226 e. The third kappa shape index (κ3) is 6.23. The maximum atomic E-state index is 12.1. The van der Waals surface area contributed by atoms with E-state index in [2.05, 4.69) is 15.5 Å². The summed E-state index contributed by atoms with van der Waals surface area (Å²) in [5.41, 5.74) is 2.24. The number of amides is 1. The van der Waals surface area contributed by atoms with Crippen molar-refractivity contribution in [2.75, 3.05) is 12.4 Å². The molecule has 1 aromatic heterocycles. The Labute approximate surface area is 171 Å². The van der Waals surface area contributed by atoms with Gasteiger partial charge in [-0.2, -0.15) is 0 Å². The van der Waals surface area contributed by atoms with Gasteiger partial charge in [-0.1, -0.05) is 59.0 Å². The zero-order valence-corrected chi connectivity index (χ0v) is 17.0. The molecule has 3 rings (SSSR count). The lowest BCUT2D eigenvalue weighted by atomic mass is 10.1. The molecule has 0 aliphatic heterocycles. The molecular formula is C19H18ClN3O2S2. The molecule has 1 heterocycles. The van der Waals surface area contributed by atoms with Crippen molar-refractivity contribution in [1.82, 2.24) is 10.2 Å². The summed E-state index contributed by atoms with van der Waals surface area (Å²) in [6.07, 6.45) is 1.05. The van der Waals surface area contributed by atoms with Crippen LogP contribution < -0.4 is 10.1 Å². The molecular weight excluding hydrogens is 402 g/mol. The van der Waals surface area contributed by atoms with Gasteiger partial charge in [-0.05, 0) is 41.8 Å². The molecule has 1 N–H and O–H groups in total. The van der Waals surface area contributed by atoms with Gasteiger partial charge in [0.15, 0.2) is 4.34 Å². The van der Waals surface area contributed by atoms with E-state index >= 15 is 0 Å². The summed E-state index contributed by atoms with van der Waals surface area (Å²) in [5.74, 6) is 1.51. The van der Waals surface area contributed by atoms with E-state index in [1.54, 1.807) is 18.9 Å². The quantitative estimate of drug-likeness (QED) is 0.408. The average Bonchev–Trinajstić information content (AvgIpc) is 3.13. The number of benzene rings is 2. The van der Waals surface area contributed by atoms with Crippen molar-refractivity contribution in [3.8, 4) is 5.75 Å². The molecule has 0 spiro atoms. The maximum Gasteiger partial charge on any atom is 0.226 e. The van der Waals surface area contributed by atoms with Crippen LogP contribution in [0, 0.1) is 0 Å². The first kappa shape index (κ1) is 19.7. The molecule has 140 valence electrons. The minimum absolute atomic E-state index is 0.0729. The Balaban J connectivity index is 1.44. The van der Waals surface area contributed by atoms with Gasteiger partial charge in [0, 0.05) is 17.2 Å². The van der Waals surface area contributed by atoms with Gasteiger partial charge < -0.3 is 10.1 Å². The highest BCUT2D eigenvalue weighted by Gasteiger charge is 2.09. The molecule has 1 amide bonds. The fraction of sp³-hybridized carbons (Fsp3) is 0.211. The van der Waals surface area contributed by atoms with Crippen molar-refractivity contribution in [3.05, 3.63) is 64.7 Å². The van der Waals surface area contributed by atoms with Crippen LogP contribution in [0.5, 0.6) is 5.75 Å². The van der Waals surface area contributed by atoms with Gasteiger partial charge in [0.05, 0.1) is 7.11 Å². The number of carbonyl (C=O) groups is 1. The number of hydrogen-bond acceptors (Lipinski definition) is 6. The van der Waals surface area contributed by atoms with Crippen LogP contribution in [0.2, 0.25) is 5.02 Å². The summed E-state index contributed by atoms with van der Waals surface area (Å²) in [4.78, 5) is 12.1. The zero-order chi connectivity index (χ0) is 19.1. The van der Waals surface area contributed by atoms with Gasteiger partial charge in [0.1, 0.15) is 5.75 Å². The Kier molecular flexibility index (Phi) is 7.09. The van der Waals surface area contributed by atoms with Crippen molar-refractivity contribution in [2.24, 2.45) is 0 Å². The van der Waals surface area contributed by atoms with E-state index in [9.17, 15) is 4.79 Å². The van der Waals surface area contributed by atoms with Crippen LogP contribution >= 0.6 is 34.7 Å². The van der Waals surface area contributed by atoms with Crippen molar-refractivity contribution in [2.45, 2.75) is 22.9 Å². The van der Waals surface area contributed by atoms with E-state index in [0.29, 0.717) is 18.0 Å². The van der Waals surface area contributed by atoms with Crippen LogP contribution in [0.25, 0.3) is 0 Å². The molecule has 0 fully saturated rings. The molecule has 3 aromatic rings. The second kappa shape index (κ2) is 9.73. The monoisotopic (exact) mass is 419 g/mol. The summed E-state index contributed by atoms with van der Waals surface area (Å²) in [7, 11) is 1.63. The first-order valence-electron chi connectivity index (χ1n) is 8.26. The third-order valence-electron chi connectivity index (χ3n) is 3.73. The molecule has 8 heteroatoms. The molecule has 27 heavy (non-hydrogen) atoms. The van der Waals surface area contributed by atoms with Gasteiger partial charge in [-0.25, -0.2) is 0 Å². The lowest BCUT2D eigenvalue weighted by Gasteiger charge is -2.03. The molecule has 0 unspecified atom stereocenters. The normalized spacial score (nSPS) is 10.6. The van der Waals surface area contributed by atoms with Crippen LogP contribution in [-0.2, 0) is 17.0 Å². The fourth-order valence-corrected chi connectivity index (χ4v) is 4.13. The number of ether oxygens (including phenoxy) is 1. The minimum Gasteiger partial charge on any atom is -0.497 e. The summed E-state index contributed by atoms with van der Waals surface area (Å²) in [6.45, 7) is 0. The summed E-state index contributed by atoms with van der Waals surface area (Å²) in [5, 5.41) is 12.2. The predicted molar refractivity (Wildman–Crippen MR) is 111 cm³/mol. The van der Waals surface area contributed by atoms with Gasteiger partial charge in [-0.3, -0.25) is 4.79 Å². The third-order valence-corrected chi connectivity index (χ3v) is 6.02. The SMILES string of the molecule is COc1ccc(CCC(=O)Nc2nnc(SCc3ccc(Cl)cc3)s2)cc1. The number of nitrogens with zero attached hydrogens (tertiary/aromatic N) is 2. The molecule has 0 saturated heterocycles. The summed E-state index contributed by atoms with van der Waals surface area (Å²) in [6, 6.07) is 15.4. The second-order valence-electron chi connectivity index (χ2n) is 5.68. The van der Waals surface area contributed by atoms with Crippen LogP contribution in [0.3, 0.4) is 0 Å². The van der Waals surface area contributed by atoms with Crippen molar-refractivity contribution in [3.63, 3.8) is 0 Å². The van der Waals surface area contributed by atoms with Crippen molar-refractivity contribution >= 4 is 45.7 Å². The van der Waals surface area contributed by atoms with Gasteiger partial charge in [0.25, 0.3) is 0 Å². The first-order chi connectivity index (χ1) is 13.1. The molecule has 0 radical (unpaired) electrons. The van der Waals surface area contributed by atoms with Crippen LogP contribution in [0.1, 0.15) is 17.5 Å². The number of halogens is 1. The highest BCUT2D eigenvalue weighted by Crippen LogP contribution is 2.28. The Morgan fingerprint density at radius 3 is 2.52 bits per heavy atom. The Morgan fingerprint density at radius 1 is 1.11 bits per heavy atom. The molecule has 0 aliphatic rings. The zero-order valence-electron chi connectivity index (χ0n) is 14.6. The number of methoxy groups -OCH3 is 1. The predicted octanol–water partition coefficient (Wildman–Crippen LogP) is 5.06. The molecule has 2 aromatic carbocycles. The molecule has 0 bridgehead atoms. The lowest BCUT2D eigenvalue weighted by Crippen LogP contribution is -2.12. The van der Waals surface area contributed by atoms with Crippen molar-refractivity contribution in [1.29, 1.82) is 0 Å². The van der Waals surface area contributed by atoms with Gasteiger partial charge in [-0.15, -0.1) is 10.2 Å². The van der Waals surface area contributed by atoms with Gasteiger partial charge >= 0.3 is 0 Å². The van der Waals surface area contributed by atoms with Gasteiger partial charge in [0.2, 0.25) is 11.0 Å². The molecule has 0 atom stereocenters. The number of aryl methyl sites for hydroxylation is 1. The number of anilines is 1. The Bertz CT molecular complexity index is 883. The van der Waals surface area contributed by atoms with Crippen LogP contribution in [-0.4, -0.2) is 23.2 Å². The first-order valence-corrected chi connectivity index (χ1v) is 10.4. The number of rotatable bonds is 8. The number of thioether (sulfide) groups is 1. The number of hydrogen-bond donors (Lipinski definition) is 1. The second-order valence-corrected chi connectivity index (χ2v) is 8.32. The Hall–Kier alpha value is -2.09. The van der Waals surface area contributed by atoms with Crippen molar-refractivity contribution < 1.29 is 9.53 Å².